The quantitative estimate of drug-likeness (QED) is 0.630. The fourth-order valence-corrected chi connectivity index (χ4v) is 2.01. The predicted molar refractivity (Wildman–Crippen MR) is 59.5 cm³/mol. The normalized spacial score (nSPS) is 21.1. The molecule has 86 valence electrons. The van der Waals surface area contributed by atoms with Crippen LogP contribution in [0.3, 0.4) is 0 Å². The highest BCUT2D eigenvalue weighted by molar-refractivity contribution is 5.90. The van der Waals surface area contributed by atoms with E-state index in [0.717, 1.165) is 12.8 Å². The van der Waals surface area contributed by atoms with Gasteiger partial charge in [0.05, 0.1) is 0 Å². The van der Waals surface area contributed by atoms with E-state index in [4.69, 9.17) is 0 Å². The zero-order chi connectivity index (χ0) is 11.3. The monoisotopic (exact) mass is 211 g/mol. The summed E-state index contributed by atoms with van der Waals surface area (Å²) >= 11 is 0. The number of rotatable bonds is 6. The van der Waals surface area contributed by atoms with Crippen LogP contribution in [-0.2, 0) is 9.59 Å². The van der Waals surface area contributed by atoms with Gasteiger partial charge in [0.2, 0.25) is 5.91 Å². The smallest absolute Gasteiger partial charge is 0.223 e. The summed E-state index contributed by atoms with van der Waals surface area (Å²) in [6, 6.07) is 0. The van der Waals surface area contributed by atoms with E-state index in [9.17, 15) is 9.59 Å². The summed E-state index contributed by atoms with van der Waals surface area (Å²) in [5.74, 6) is 0.370. The Hall–Kier alpha value is -0.860. The number of Topliss-reactive ketones (excluding diaryl/α,β-unsaturated/α-hetero) is 1. The molecule has 0 radical (unpaired) electrons. The third-order valence-electron chi connectivity index (χ3n) is 3.07. The number of hydrogen-bond acceptors (Lipinski definition) is 2. The molecule has 1 rings (SSSR count). The summed E-state index contributed by atoms with van der Waals surface area (Å²) in [7, 11) is 1.77. The molecule has 1 heterocycles. The van der Waals surface area contributed by atoms with E-state index in [1.165, 1.54) is 12.8 Å². The lowest BCUT2D eigenvalue weighted by Crippen LogP contribution is -2.21. The molecule has 0 bridgehead atoms. The van der Waals surface area contributed by atoms with E-state index in [-0.39, 0.29) is 17.6 Å². The zero-order valence-corrected chi connectivity index (χ0v) is 9.79. The van der Waals surface area contributed by atoms with Gasteiger partial charge in [-0.25, -0.2) is 0 Å². The number of unbranched alkanes of at least 4 members (excludes halogenated alkanes) is 3. The van der Waals surface area contributed by atoms with Gasteiger partial charge in [-0.05, 0) is 6.42 Å². The molecule has 0 saturated carbocycles. The van der Waals surface area contributed by atoms with Crippen molar-refractivity contribution in [2.45, 2.75) is 45.4 Å². The first-order chi connectivity index (χ1) is 7.15. The average Bonchev–Trinajstić information content (AvgIpc) is 2.54. The lowest BCUT2D eigenvalue weighted by molar-refractivity contribution is -0.127. The van der Waals surface area contributed by atoms with Crippen molar-refractivity contribution in [2.24, 2.45) is 5.92 Å². The number of nitrogens with zero attached hydrogens (tertiary/aromatic N) is 1. The Morgan fingerprint density at radius 3 is 2.67 bits per heavy atom. The number of likely N-dealkylation sites (tertiary alicyclic amines) is 1. The van der Waals surface area contributed by atoms with Gasteiger partial charge >= 0.3 is 0 Å². The summed E-state index contributed by atoms with van der Waals surface area (Å²) in [6.45, 7) is 2.79. The molecule has 1 saturated heterocycles. The predicted octanol–water partition coefficient (Wildman–Crippen LogP) is 2.00. The Morgan fingerprint density at radius 1 is 1.40 bits per heavy atom. The minimum atomic E-state index is -0.0240. The van der Waals surface area contributed by atoms with E-state index in [1.807, 2.05) is 0 Å². The third kappa shape index (κ3) is 3.65. The highest BCUT2D eigenvalue weighted by Crippen LogP contribution is 2.19. The first kappa shape index (κ1) is 12.2. The van der Waals surface area contributed by atoms with Crippen molar-refractivity contribution in [1.82, 2.24) is 4.90 Å². The number of carbonyl (C=O) groups excluding carboxylic acids is 2. The molecular weight excluding hydrogens is 190 g/mol. The molecule has 1 aliphatic heterocycles. The molecule has 1 aliphatic rings. The van der Waals surface area contributed by atoms with E-state index in [1.54, 1.807) is 11.9 Å². The third-order valence-corrected chi connectivity index (χ3v) is 3.07. The molecule has 0 aromatic heterocycles. The van der Waals surface area contributed by atoms with Crippen molar-refractivity contribution in [1.29, 1.82) is 0 Å². The molecule has 0 spiro atoms. The molecule has 3 heteroatoms. The molecule has 1 unspecified atom stereocenters. The van der Waals surface area contributed by atoms with Crippen molar-refractivity contribution in [3.63, 3.8) is 0 Å². The van der Waals surface area contributed by atoms with Crippen molar-refractivity contribution < 1.29 is 9.59 Å². The highest BCUT2D eigenvalue weighted by atomic mass is 16.2. The van der Waals surface area contributed by atoms with Crippen molar-refractivity contribution in [3.8, 4) is 0 Å². The molecule has 1 atom stereocenters. The SMILES string of the molecule is CCCCCCC(=O)C1CC(=O)N(C)C1. The second-order valence-electron chi connectivity index (χ2n) is 4.45. The first-order valence-corrected chi connectivity index (χ1v) is 5.91. The molecule has 1 fully saturated rings. The van der Waals surface area contributed by atoms with Crippen LogP contribution in [0.1, 0.15) is 45.4 Å². The van der Waals surface area contributed by atoms with Gasteiger partial charge in [0.1, 0.15) is 5.78 Å². The lowest BCUT2D eigenvalue weighted by Gasteiger charge is -2.08. The summed E-state index contributed by atoms with van der Waals surface area (Å²) in [6.07, 6.45) is 5.62. The maximum Gasteiger partial charge on any atom is 0.223 e. The lowest BCUT2D eigenvalue weighted by atomic mass is 9.98. The fraction of sp³-hybridized carbons (Fsp3) is 0.833. The van der Waals surface area contributed by atoms with Crippen LogP contribution in [-0.4, -0.2) is 30.2 Å². The topological polar surface area (TPSA) is 37.4 Å². The van der Waals surface area contributed by atoms with E-state index in [0.29, 0.717) is 19.4 Å². The number of hydrogen-bond donors (Lipinski definition) is 0. The maximum atomic E-state index is 11.7. The Kier molecular flexibility index (Phi) is 4.79. The van der Waals surface area contributed by atoms with Crippen LogP contribution in [0.4, 0.5) is 0 Å². The van der Waals surface area contributed by atoms with Crippen LogP contribution in [0.25, 0.3) is 0 Å². The van der Waals surface area contributed by atoms with Crippen LogP contribution in [0.5, 0.6) is 0 Å². The molecule has 0 aromatic carbocycles. The summed E-state index contributed by atoms with van der Waals surface area (Å²) in [4.78, 5) is 24.6. The molecule has 15 heavy (non-hydrogen) atoms. The molecule has 3 nitrogen and oxygen atoms in total. The Labute approximate surface area is 91.8 Å². The van der Waals surface area contributed by atoms with Crippen LogP contribution in [0.15, 0.2) is 0 Å². The van der Waals surface area contributed by atoms with Gasteiger partial charge in [0, 0.05) is 32.4 Å². The van der Waals surface area contributed by atoms with Gasteiger partial charge in [-0.15, -0.1) is 0 Å². The van der Waals surface area contributed by atoms with Crippen molar-refractivity contribution in [2.75, 3.05) is 13.6 Å². The molecule has 0 aliphatic carbocycles. The number of ketones is 1. The van der Waals surface area contributed by atoms with Gasteiger partial charge < -0.3 is 4.90 Å². The van der Waals surface area contributed by atoms with E-state index < -0.39 is 0 Å². The Balaban J connectivity index is 2.21. The van der Waals surface area contributed by atoms with Gasteiger partial charge in [-0.1, -0.05) is 26.2 Å². The number of carbonyl (C=O) groups is 2. The van der Waals surface area contributed by atoms with E-state index in [2.05, 4.69) is 6.92 Å². The minimum Gasteiger partial charge on any atom is -0.345 e. The molecule has 0 aromatic rings. The Morgan fingerprint density at radius 2 is 2.13 bits per heavy atom. The van der Waals surface area contributed by atoms with Gasteiger partial charge in [-0.3, -0.25) is 9.59 Å². The molecule has 0 N–H and O–H groups in total. The molecular formula is C12H21NO2. The van der Waals surface area contributed by atoms with Gasteiger partial charge in [-0.2, -0.15) is 0 Å². The zero-order valence-electron chi connectivity index (χ0n) is 9.79. The van der Waals surface area contributed by atoms with Crippen LogP contribution in [0, 0.1) is 5.92 Å². The average molecular weight is 211 g/mol. The van der Waals surface area contributed by atoms with Crippen LogP contribution in [0.2, 0.25) is 0 Å². The van der Waals surface area contributed by atoms with Crippen LogP contribution >= 0.6 is 0 Å². The summed E-state index contributed by atoms with van der Waals surface area (Å²) in [5, 5.41) is 0. The van der Waals surface area contributed by atoms with Crippen molar-refractivity contribution >= 4 is 11.7 Å². The van der Waals surface area contributed by atoms with Gasteiger partial charge in [0.15, 0.2) is 0 Å². The Bertz CT molecular complexity index is 238. The maximum absolute atomic E-state index is 11.7. The standard InChI is InChI=1S/C12H21NO2/c1-3-4-5-6-7-11(14)10-8-12(15)13(2)9-10/h10H,3-9H2,1-2H3. The van der Waals surface area contributed by atoms with E-state index >= 15 is 0 Å². The van der Waals surface area contributed by atoms with Gasteiger partial charge in [0.25, 0.3) is 0 Å². The second kappa shape index (κ2) is 5.89. The first-order valence-electron chi connectivity index (χ1n) is 5.91. The minimum absolute atomic E-state index is 0.0240. The second-order valence-corrected chi connectivity index (χ2v) is 4.45. The largest absolute Gasteiger partial charge is 0.345 e. The fourth-order valence-electron chi connectivity index (χ4n) is 2.01. The van der Waals surface area contributed by atoms with Crippen LogP contribution < -0.4 is 0 Å². The number of amides is 1. The van der Waals surface area contributed by atoms with Crippen molar-refractivity contribution in [3.05, 3.63) is 0 Å². The molecule has 1 amide bonds. The summed E-state index contributed by atoms with van der Waals surface area (Å²) in [5.41, 5.74) is 0. The highest BCUT2D eigenvalue weighted by Gasteiger charge is 2.31. The summed E-state index contributed by atoms with van der Waals surface area (Å²) < 4.78 is 0.